The van der Waals surface area contributed by atoms with Crippen molar-refractivity contribution >= 4 is 29.1 Å². The predicted molar refractivity (Wildman–Crippen MR) is 101 cm³/mol. The molecule has 0 spiro atoms. The van der Waals surface area contributed by atoms with Crippen LogP contribution in [0.1, 0.15) is 32.1 Å². The van der Waals surface area contributed by atoms with E-state index in [2.05, 4.69) is 31.9 Å². The summed E-state index contributed by atoms with van der Waals surface area (Å²) in [5, 5.41) is 14.9. The molecule has 1 aliphatic carbocycles. The van der Waals surface area contributed by atoms with Gasteiger partial charge in [0.2, 0.25) is 5.95 Å². The van der Waals surface area contributed by atoms with E-state index in [9.17, 15) is 0 Å². The molecule has 0 aliphatic heterocycles. The minimum absolute atomic E-state index is 0.420. The van der Waals surface area contributed by atoms with Gasteiger partial charge in [0, 0.05) is 12.2 Å². The molecular formula is C18H22ClN5O. The SMILES string of the molecule is COc1ccc(Nc2nncc(NCCC3=CCCCC3)n2)cc1Cl. The Labute approximate surface area is 152 Å². The van der Waals surface area contributed by atoms with Gasteiger partial charge in [0.25, 0.3) is 0 Å². The summed E-state index contributed by atoms with van der Waals surface area (Å²) < 4.78 is 5.15. The van der Waals surface area contributed by atoms with Gasteiger partial charge in [-0.1, -0.05) is 23.3 Å². The van der Waals surface area contributed by atoms with Gasteiger partial charge in [0.15, 0.2) is 5.82 Å². The molecule has 3 rings (SSSR count). The summed E-state index contributed by atoms with van der Waals surface area (Å²) in [4.78, 5) is 4.43. The summed E-state index contributed by atoms with van der Waals surface area (Å²) in [5.74, 6) is 1.75. The maximum Gasteiger partial charge on any atom is 0.249 e. The second-order valence-electron chi connectivity index (χ2n) is 5.92. The zero-order valence-electron chi connectivity index (χ0n) is 14.3. The molecule has 0 unspecified atom stereocenters. The molecule has 0 radical (unpaired) electrons. The largest absolute Gasteiger partial charge is 0.495 e. The summed E-state index contributed by atoms with van der Waals surface area (Å²) >= 11 is 6.13. The van der Waals surface area contributed by atoms with Gasteiger partial charge in [-0.25, -0.2) is 0 Å². The number of benzene rings is 1. The first kappa shape index (κ1) is 17.5. The summed E-state index contributed by atoms with van der Waals surface area (Å²) in [6.07, 6.45) is 10.1. The van der Waals surface area contributed by atoms with E-state index in [4.69, 9.17) is 16.3 Å². The van der Waals surface area contributed by atoms with Crippen LogP contribution >= 0.6 is 11.6 Å². The molecule has 0 saturated carbocycles. The molecule has 1 aromatic carbocycles. The van der Waals surface area contributed by atoms with Crippen molar-refractivity contribution in [1.82, 2.24) is 15.2 Å². The number of allylic oxidation sites excluding steroid dienone is 1. The minimum Gasteiger partial charge on any atom is -0.495 e. The highest BCUT2D eigenvalue weighted by molar-refractivity contribution is 6.32. The maximum atomic E-state index is 6.13. The Morgan fingerprint density at radius 2 is 2.20 bits per heavy atom. The predicted octanol–water partition coefficient (Wildman–Crippen LogP) is 4.58. The number of methoxy groups -OCH3 is 1. The molecule has 2 aromatic rings. The zero-order valence-corrected chi connectivity index (χ0v) is 15.0. The molecule has 1 aliphatic rings. The second-order valence-corrected chi connectivity index (χ2v) is 6.33. The van der Waals surface area contributed by atoms with Crippen LogP contribution in [0, 0.1) is 0 Å². The molecule has 7 heteroatoms. The lowest BCUT2D eigenvalue weighted by atomic mass is 9.97. The Kier molecular flexibility index (Phi) is 6.06. The second kappa shape index (κ2) is 8.67. The number of hydrogen-bond acceptors (Lipinski definition) is 6. The van der Waals surface area contributed by atoms with Crippen molar-refractivity contribution < 1.29 is 4.74 Å². The lowest BCUT2D eigenvalue weighted by Crippen LogP contribution is -2.08. The first-order valence-corrected chi connectivity index (χ1v) is 8.84. The molecule has 0 amide bonds. The van der Waals surface area contributed by atoms with Crippen molar-refractivity contribution in [3.8, 4) is 5.75 Å². The maximum absolute atomic E-state index is 6.13. The van der Waals surface area contributed by atoms with Crippen LogP contribution in [0.4, 0.5) is 17.5 Å². The number of nitrogens with zero attached hydrogens (tertiary/aromatic N) is 3. The molecule has 0 saturated heterocycles. The molecule has 6 nitrogen and oxygen atoms in total. The Morgan fingerprint density at radius 1 is 1.28 bits per heavy atom. The number of halogens is 1. The van der Waals surface area contributed by atoms with Crippen LogP contribution in [0.25, 0.3) is 0 Å². The van der Waals surface area contributed by atoms with Gasteiger partial charge in [-0.2, -0.15) is 10.1 Å². The number of nitrogens with one attached hydrogen (secondary N) is 2. The quantitative estimate of drug-likeness (QED) is 0.705. The molecule has 1 heterocycles. The number of aromatic nitrogens is 3. The Hall–Kier alpha value is -2.34. The fourth-order valence-corrected chi connectivity index (χ4v) is 3.06. The Bertz CT molecular complexity index is 750. The van der Waals surface area contributed by atoms with Crippen LogP contribution in [-0.2, 0) is 0 Å². The summed E-state index contributed by atoms with van der Waals surface area (Å²) in [7, 11) is 1.58. The van der Waals surface area contributed by atoms with Gasteiger partial charge in [-0.15, -0.1) is 5.10 Å². The van der Waals surface area contributed by atoms with E-state index in [0.717, 1.165) is 18.7 Å². The molecule has 2 N–H and O–H groups in total. The van der Waals surface area contributed by atoms with E-state index in [1.165, 1.54) is 31.3 Å². The third-order valence-electron chi connectivity index (χ3n) is 4.10. The van der Waals surface area contributed by atoms with Crippen molar-refractivity contribution in [2.75, 3.05) is 24.3 Å². The van der Waals surface area contributed by atoms with Gasteiger partial charge in [-0.3, -0.25) is 0 Å². The summed E-state index contributed by atoms with van der Waals surface area (Å²) in [6.45, 7) is 0.846. The normalized spacial score (nSPS) is 13.9. The van der Waals surface area contributed by atoms with E-state index in [1.807, 2.05) is 6.07 Å². The van der Waals surface area contributed by atoms with Crippen LogP contribution in [-0.4, -0.2) is 28.8 Å². The number of hydrogen-bond donors (Lipinski definition) is 2. The highest BCUT2D eigenvalue weighted by Gasteiger charge is 2.06. The van der Waals surface area contributed by atoms with Gasteiger partial charge in [-0.05, 0) is 50.3 Å². The highest BCUT2D eigenvalue weighted by atomic mass is 35.5. The molecule has 132 valence electrons. The van der Waals surface area contributed by atoms with Crippen LogP contribution in [0.15, 0.2) is 36.0 Å². The molecule has 1 aromatic heterocycles. The third kappa shape index (κ3) is 5.06. The van der Waals surface area contributed by atoms with Crippen molar-refractivity contribution in [2.24, 2.45) is 0 Å². The van der Waals surface area contributed by atoms with E-state index in [0.29, 0.717) is 22.5 Å². The van der Waals surface area contributed by atoms with Crippen molar-refractivity contribution in [3.05, 3.63) is 41.1 Å². The van der Waals surface area contributed by atoms with E-state index in [1.54, 1.807) is 25.4 Å². The number of ether oxygens (including phenoxy) is 1. The van der Waals surface area contributed by atoms with Crippen LogP contribution in [0.5, 0.6) is 5.75 Å². The fraction of sp³-hybridized carbons (Fsp3) is 0.389. The van der Waals surface area contributed by atoms with E-state index in [-0.39, 0.29) is 0 Å². The van der Waals surface area contributed by atoms with Crippen LogP contribution in [0.2, 0.25) is 5.02 Å². The van der Waals surface area contributed by atoms with Crippen LogP contribution in [0.3, 0.4) is 0 Å². The first-order valence-electron chi connectivity index (χ1n) is 8.46. The average molecular weight is 360 g/mol. The van der Waals surface area contributed by atoms with E-state index < -0.39 is 0 Å². The first-order chi connectivity index (χ1) is 12.2. The third-order valence-corrected chi connectivity index (χ3v) is 4.40. The van der Waals surface area contributed by atoms with Gasteiger partial charge in [0.05, 0.1) is 18.3 Å². The average Bonchev–Trinajstić information content (AvgIpc) is 2.63. The molecule has 0 fully saturated rings. The molecule has 25 heavy (non-hydrogen) atoms. The smallest absolute Gasteiger partial charge is 0.249 e. The van der Waals surface area contributed by atoms with Gasteiger partial charge < -0.3 is 15.4 Å². The summed E-state index contributed by atoms with van der Waals surface area (Å²) in [6, 6.07) is 5.40. The minimum atomic E-state index is 0.420. The number of anilines is 3. The van der Waals surface area contributed by atoms with Gasteiger partial charge in [0.1, 0.15) is 5.75 Å². The zero-order chi connectivity index (χ0) is 17.5. The molecular weight excluding hydrogens is 338 g/mol. The Morgan fingerprint density at radius 3 is 2.96 bits per heavy atom. The standard InChI is InChI=1S/C18H22ClN5O/c1-25-16-8-7-14(11-15(16)19)22-18-23-17(12-21-24-18)20-10-9-13-5-3-2-4-6-13/h5,7-8,11-12H,2-4,6,9-10H2,1H3,(H2,20,22,23,24). The molecule has 0 bridgehead atoms. The fourth-order valence-electron chi connectivity index (χ4n) is 2.80. The van der Waals surface area contributed by atoms with Crippen molar-refractivity contribution in [3.63, 3.8) is 0 Å². The van der Waals surface area contributed by atoms with Crippen molar-refractivity contribution in [2.45, 2.75) is 32.1 Å². The van der Waals surface area contributed by atoms with Gasteiger partial charge >= 0.3 is 0 Å². The van der Waals surface area contributed by atoms with E-state index >= 15 is 0 Å². The highest BCUT2D eigenvalue weighted by Crippen LogP contribution is 2.28. The topological polar surface area (TPSA) is 72.0 Å². The van der Waals surface area contributed by atoms with Crippen LogP contribution < -0.4 is 15.4 Å². The lowest BCUT2D eigenvalue weighted by Gasteiger charge is -2.13. The number of rotatable bonds is 7. The van der Waals surface area contributed by atoms with Crippen molar-refractivity contribution in [1.29, 1.82) is 0 Å². The summed E-state index contributed by atoms with van der Waals surface area (Å²) in [5.41, 5.74) is 2.31. The monoisotopic (exact) mass is 359 g/mol. The lowest BCUT2D eigenvalue weighted by molar-refractivity contribution is 0.415. The molecule has 0 atom stereocenters. The Balaban J connectivity index is 1.57.